The Balaban J connectivity index is 1.92. The third-order valence-corrected chi connectivity index (χ3v) is 5.28. The third-order valence-electron chi connectivity index (χ3n) is 3.94. The number of nitrogen functional groups attached to an aromatic ring is 1. The van der Waals surface area contributed by atoms with Gasteiger partial charge >= 0.3 is 0 Å². The smallest absolute Gasteiger partial charge is 0.140 e. The summed E-state index contributed by atoms with van der Waals surface area (Å²) in [5.41, 5.74) is 8.34. The van der Waals surface area contributed by atoms with Gasteiger partial charge in [0.2, 0.25) is 0 Å². The van der Waals surface area contributed by atoms with E-state index in [0.29, 0.717) is 18.2 Å². The van der Waals surface area contributed by atoms with Crippen LogP contribution in [-0.4, -0.2) is 9.97 Å². The lowest BCUT2D eigenvalue weighted by Gasteiger charge is -2.14. The summed E-state index contributed by atoms with van der Waals surface area (Å²) in [4.78, 5) is 9.24. The van der Waals surface area contributed by atoms with Crippen molar-refractivity contribution in [2.24, 2.45) is 0 Å². The van der Waals surface area contributed by atoms with E-state index >= 15 is 0 Å². The van der Waals surface area contributed by atoms with E-state index in [1.54, 1.807) is 0 Å². The van der Waals surface area contributed by atoms with Crippen LogP contribution in [0.3, 0.4) is 0 Å². The van der Waals surface area contributed by atoms with Crippen LogP contribution in [0.5, 0.6) is 0 Å². The van der Waals surface area contributed by atoms with Crippen LogP contribution in [0.15, 0.2) is 24.3 Å². The van der Waals surface area contributed by atoms with Crippen LogP contribution in [0, 0.1) is 3.57 Å². The number of anilines is 1. The molecule has 2 aromatic rings. The molecule has 1 aromatic carbocycles. The van der Waals surface area contributed by atoms with Gasteiger partial charge in [-0.05, 0) is 53.1 Å². The summed E-state index contributed by atoms with van der Waals surface area (Å²) in [6.07, 6.45) is 5.66. The second-order valence-corrected chi connectivity index (χ2v) is 7.03. The summed E-state index contributed by atoms with van der Waals surface area (Å²) < 4.78 is 1.02. The molecule has 5 heteroatoms. The Morgan fingerprint density at radius 1 is 1.24 bits per heavy atom. The average molecular weight is 414 g/mol. The number of hydrogen-bond acceptors (Lipinski definition) is 3. The minimum atomic E-state index is 0.542. The van der Waals surface area contributed by atoms with Crippen molar-refractivity contribution in [2.45, 2.75) is 38.0 Å². The van der Waals surface area contributed by atoms with Crippen LogP contribution in [0.1, 0.15) is 48.7 Å². The zero-order valence-electron chi connectivity index (χ0n) is 11.6. The molecule has 21 heavy (non-hydrogen) atoms. The summed E-state index contributed by atoms with van der Waals surface area (Å²) in [6, 6.07) is 7.82. The van der Waals surface area contributed by atoms with E-state index < -0.39 is 0 Å². The SMILES string of the molecule is Nc1nc(Cc2cccc(Cl)c2)nc(C2CCCC2)c1I. The van der Waals surface area contributed by atoms with Crippen molar-refractivity contribution in [3.05, 3.63) is 49.9 Å². The molecule has 1 fully saturated rings. The molecule has 0 spiro atoms. The molecular formula is C16H17ClIN3. The first kappa shape index (κ1) is 15.0. The normalized spacial score (nSPS) is 15.5. The maximum atomic E-state index is 6.09. The fraction of sp³-hybridized carbons (Fsp3) is 0.375. The van der Waals surface area contributed by atoms with Gasteiger partial charge in [-0.25, -0.2) is 9.97 Å². The van der Waals surface area contributed by atoms with Crippen LogP contribution in [0.2, 0.25) is 5.02 Å². The summed E-state index contributed by atoms with van der Waals surface area (Å²) in [6.45, 7) is 0. The van der Waals surface area contributed by atoms with Gasteiger partial charge in [0.25, 0.3) is 0 Å². The van der Waals surface area contributed by atoms with E-state index in [2.05, 4.69) is 27.6 Å². The second-order valence-electron chi connectivity index (χ2n) is 5.51. The number of halogens is 2. The number of nitrogens with two attached hydrogens (primary N) is 1. The third kappa shape index (κ3) is 3.48. The maximum Gasteiger partial charge on any atom is 0.140 e. The van der Waals surface area contributed by atoms with Gasteiger partial charge in [-0.3, -0.25) is 0 Å². The van der Waals surface area contributed by atoms with Crippen LogP contribution in [-0.2, 0) is 6.42 Å². The number of benzene rings is 1. The Bertz CT molecular complexity index is 654. The predicted octanol–water partition coefficient (Wildman–Crippen LogP) is 4.57. The molecule has 0 aliphatic heterocycles. The molecule has 3 rings (SSSR count). The van der Waals surface area contributed by atoms with Crippen molar-refractivity contribution in [3.8, 4) is 0 Å². The second kappa shape index (κ2) is 6.48. The van der Waals surface area contributed by atoms with Crippen LogP contribution in [0.4, 0.5) is 5.82 Å². The van der Waals surface area contributed by atoms with Gasteiger partial charge < -0.3 is 5.73 Å². The minimum absolute atomic E-state index is 0.542. The molecule has 0 atom stereocenters. The summed E-state index contributed by atoms with van der Waals surface area (Å²) in [7, 11) is 0. The van der Waals surface area contributed by atoms with E-state index in [1.807, 2.05) is 24.3 Å². The Hall–Kier alpha value is -0.880. The van der Waals surface area contributed by atoms with Crippen LogP contribution < -0.4 is 5.73 Å². The monoisotopic (exact) mass is 413 g/mol. The highest BCUT2D eigenvalue weighted by molar-refractivity contribution is 14.1. The summed E-state index contributed by atoms with van der Waals surface area (Å²) in [5.74, 6) is 1.93. The first-order valence-corrected chi connectivity index (χ1v) is 8.65. The van der Waals surface area contributed by atoms with Gasteiger partial charge in [0.15, 0.2) is 0 Å². The Morgan fingerprint density at radius 2 is 2.00 bits per heavy atom. The molecule has 2 N–H and O–H groups in total. The minimum Gasteiger partial charge on any atom is -0.383 e. The highest BCUT2D eigenvalue weighted by atomic mass is 127. The van der Waals surface area contributed by atoms with E-state index in [4.69, 9.17) is 22.3 Å². The summed E-state index contributed by atoms with van der Waals surface area (Å²) in [5, 5.41) is 0.738. The highest BCUT2D eigenvalue weighted by Crippen LogP contribution is 2.36. The Labute approximate surface area is 143 Å². The Morgan fingerprint density at radius 3 is 2.71 bits per heavy atom. The topological polar surface area (TPSA) is 51.8 Å². The lowest BCUT2D eigenvalue weighted by atomic mass is 10.0. The van der Waals surface area contributed by atoms with Gasteiger partial charge in [-0.2, -0.15) is 0 Å². The van der Waals surface area contributed by atoms with Gasteiger partial charge in [0.05, 0.1) is 9.26 Å². The van der Waals surface area contributed by atoms with Gasteiger partial charge in [0, 0.05) is 17.4 Å². The summed E-state index contributed by atoms with van der Waals surface area (Å²) >= 11 is 8.31. The van der Waals surface area contributed by atoms with Crippen molar-refractivity contribution in [3.63, 3.8) is 0 Å². The molecule has 1 aliphatic rings. The van der Waals surface area contributed by atoms with Crippen molar-refractivity contribution in [2.75, 3.05) is 5.73 Å². The molecule has 1 aromatic heterocycles. The van der Waals surface area contributed by atoms with Crippen LogP contribution >= 0.6 is 34.2 Å². The van der Waals surface area contributed by atoms with Crippen molar-refractivity contribution in [1.82, 2.24) is 9.97 Å². The molecule has 1 heterocycles. The van der Waals surface area contributed by atoms with Gasteiger partial charge in [0.1, 0.15) is 11.6 Å². The fourth-order valence-electron chi connectivity index (χ4n) is 2.91. The van der Waals surface area contributed by atoms with E-state index in [9.17, 15) is 0 Å². The number of aromatic nitrogens is 2. The van der Waals surface area contributed by atoms with Crippen LogP contribution in [0.25, 0.3) is 0 Å². The molecule has 1 aliphatic carbocycles. The molecule has 0 bridgehead atoms. The molecule has 0 unspecified atom stereocenters. The number of nitrogens with zero attached hydrogens (tertiary/aromatic N) is 2. The van der Waals surface area contributed by atoms with Crippen molar-refractivity contribution < 1.29 is 0 Å². The van der Waals surface area contributed by atoms with Crippen molar-refractivity contribution >= 4 is 40.0 Å². The zero-order valence-corrected chi connectivity index (χ0v) is 14.6. The molecule has 3 nitrogen and oxygen atoms in total. The van der Waals surface area contributed by atoms with Crippen molar-refractivity contribution in [1.29, 1.82) is 0 Å². The molecule has 0 amide bonds. The fourth-order valence-corrected chi connectivity index (χ4v) is 3.81. The Kier molecular flexibility index (Phi) is 4.64. The first-order valence-electron chi connectivity index (χ1n) is 7.19. The molecule has 1 saturated carbocycles. The first-order chi connectivity index (χ1) is 10.1. The molecule has 110 valence electrons. The predicted molar refractivity (Wildman–Crippen MR) is 94.6 cm³/mol. The lowest BCUT2D eigenvalue weighted by molar-refractivity contribution is 0.682. The zero-order chi connectivity index (χ0) is 14.8. The molecule has 0 radical (unpaired) electrons. The average Bonchev–Trinajstić information content (AvgIpc) is 2.96. The molecular weight excluding hydrogens is 397 g/mol. The standard InChI is InChI=1S/C16H17ClIN3/c17-12-7-3-4-10(8-12)9-13-20-15(11-5-1-2-6-11)14(18)16(19)21-13/h3-4,7-8,11H,1-2,5-6,9H2,(H2,19,20,21). The van der Waals surface area contributed by atoms with Gasteiger partial charge in [-0.1, -0.05) is 36.6 Å². The number of hydrogen-bond donors (Lipinski definition) is 1. The molecule has 0 saturated heterocycles. The van der Waals surface area contributed by atoms with E-state index in [0.717, 1.165) is 25.7 Å². The largest absolute Gasteiger partial charge is 0.383 e. The highest BCUT2D eigenvalue weighted by Gasteiger charge is 2.23. The van der Waals surface area contributed by atoms with E-state index in [1.165, 1.54) is 25.7 Å². The quantitative estimate of drug-likeness (QED) is 0.750. The van der Waals surface area contributed by atoms with E-state index in [-0.39, 0.29) is 0 Å². The lowest BCUT2D eigenvalue weighted by Crippen LogP contribution is -2.10. The maximum absolute atomic E-state index is 6.09. The number of rotatable bonds is 3. The van der Waals surface area contributed by atoms with Gasteiger partial charge in [-0.15, -0.1) is 0 Å².